The van der Waals surface area contributed by atoms with Crippen LogP contribution in [0.1, 0.15) is 30.7 Å². The molecule has 4 heteroatoms. The van der Waals surface area contributed by atoms with Crippen LogP contribution in [0.3, 0.4) is 0 Å². The average Bonchev–Trinajstić information content (AvgIpc) is 2.84. The zero-order chi connectivity index (χ0) is 14.3. The number of fused-ring (bicyclic) bond motifs is 3. The fourth-order valence-corrected chi connectivity index (χ4v) is 4.13. The van der Waals surface area contributed by atoms with Gasteiger partial charge in [-0.2, -0.15) is 0 Å². The summed E-state index contributed by atoms with van der Waals surface area (Å²) in [6.07, 6.45) is 2.72. The summed E-state index contributed by atoms with van der Waals surface area (Å²) in [5.74, 6) is 1.46. The van der Waals surface area contributed by atoms with Gasteiger partial charge in [0, 0.05) is 50.6 Å². The first-order valence-electron chi connectivity index (χ1n) is 8.04. The Morgan fingerprint density at radius 3 is 2.95 bits per heavy atom. The predicted molar refractivity (Wildman–Crippen MR) is 80.7 cm³/mol. The second-order valence-electron chi connectivity index (χ2n) is 6.42. The lowest BCUT2D eigenvalue weighted by Crippen LogP contribution is -2.59. The number of carbonyl (C=O) groups is 1. The number of nitrogens with zero attached hydrogens (tertiary/aromatic N) is 1. The Kier molecular flexibility index (Phi) is 3.23. The van der Waals surface area contributed by atoms with Gasteiger partial charge in [0.15, 0.2) is 11.4 Å². The molecular weight excluding hydrogens is 264 g/mol. The molecule has 21 heavy (non-hydrogen) atoms. The van der Waals surface area contributed by atoms with E-state index < -0.39 is 5.60 Å². The molecule has 1 aliphatic carbocycles. The highest BCUT2D eigenvalue weighted by atomic mass is 16.5. The van der Waals surface area contributed by atoms with Crippen molar-refractivity contribution in [3.05, 3.63) is 29.8 Å². The highest BCUT2D eigenvalue weighted by Gasteiger charge is 2.55. The van der Waals surface area contributed by atoms with Crippen LogP contribution in [-0.2, 0) is 4.79 Å². The summed E-state index contributed by atoms with van der Waals surface area (Å²) in [5.41, 5.74) is 0.611. The monoisotopic (exact) mass is 286 g/mol. The second kappa shape index (κ2) is 5.11. The summed E-state index contributed by atoms with van der Waals surface area (Å²) < 4.78 is 6.30. The number of ketones is 1. The van der Waals surface area contributed by atoms with Gasteiger partial charge in [-0.3, -0.25) is 9.69 Å². The summed E-state index contributed by atoms with van der Waals surface area (Å²) in [7, 11) is 0. The summed E-state index contributed by atoms with van der Waals surface area (Å²) in [5, 5.41) is 3.37. The van der Waals surface area contributed by atoms with Crippen LogP contribution in [0.5, 0.6) is 5.75 Å². The molecule has 4 nitrogen and oxygen atoms in total. The van der Waals surface area contributed by atoms with Crippen LogP contribution in [0.4, 0.5) is 0 Å². The van der Waals surface area contributed by atoms with E-state index in [-0.39, 0.29) is 5.92 Å². The van der Waals surface area contributed by atoms with Crippen molar-refractivity contribution in [2.75, 3.05) is 32.7 Å². The molecule has 0 bridgehead atoms. The Labute approximate surface area is 125 Å². The maximum Gasteiger partial charge on any atom is 0.186 e. The van der Waals surface area contributed by atoms with Crippen LogP contribution in [0, 0.1) is 0 Å². The van der Waals surface area contributed by atoms with Crippen molar-refractivity contribution in [2.24, 2.45) is 0 Å². The van der Waals surface area contributed by atoms with Crippen LogP contribution >= 0.6 is 0 Å². The van der Waals surface area contributed by atoms with Crippen LogP contribution in [0.25, 0.3) is 0 Å². The maximum atomic E-state index is 12.8. The lowest BCUT2D eigenvalue weighted by Gasteiger charge is -2.41. The third-order valence-electron chi connectivity index (χ3n) is 5.19. The molecule has 0 amide bonds. The van der Waals surface area contributed by atoms with Crippen molar-refractivity contribution < 1.29 is 9.53 Å². The first-order chi connectivity index (χ1) is 10.3. The number of Topliss-reactive ketones (excluding diaryl/α,β-unsaturated/α-hetero) is 1. The molecule has 2 heterocycles. The topological polar surface area (TPSA) is 41.6 Å². The number of nitrogens with one attached hydrogen (secondary N) is 1. The van der Waals surface area contributed by atoms with E-state index in [1.165, 1.54) is 5.56 Å². The minimum atomic E-state index is -0.626. The third kappa shape index (κ3) is 2.09. The minimum absolute atomic E-state index is 0.241. The van der Waals surface area contributed by atoms with E-state index in [2.05, 4.69) is 22.3 Å². The normalized spacial score (nSPS) is 32.4. The van der Waals surface area contributed by atoms with E-state index in [0.717, 1.165) is 51.3 Å². The van der Waals surface area contributed by atoms with Crippen LogP contribution < -0.4 is 10.1 Å². The molecule has 2 unspecified atom stereocenters. The molecule has 1 saturated heterocycles. The molecular formula is C17H22N2O2. The summed E-state index contributed by atoms with van der Waals surface area (Å²) in [4.78, 5) is 15.2. The van der Waals surface area contributed by atoms with Crippen LogP contribution in [0.15, 0.2) is 24.3 Å². The molecule has 3 aliphatic rings. The summed E-state index contributed by atoms with van der Waals surface area (Å²) >= 11 is 0. The predicted octanol–water partition coefficient (Wildman–Crippen LogP) is 1.56. The van der Waals surface area contributed by atoms with Gasteiger partial charge in [0.25, 0.3) is 0 Å². The largest absolute Gasteiger partial charge is 0.477 e. The molecule has 2 aliphatic heterocycles. The number of ether oxygens (including phenoxy) is 1. The molecule has 0 radical (unpaired) electrons. The first-order valence-corrected chi connectivity index (χ1v) is 8.04. The summed E-state index contributed by atoms with van der Waals surface area (Å²) in [6, 6.07) is 8.21. The number of benzene rings is 1. The average molecular weight is 286 g/mol. The number of rotatable bonds is 2. The van der Waals surface area contributed by atoms with Gasteiger partial charge in [-0.15, -0.1) is 0 Å². The SMILES string of the molecule is O=C1CCCC2c3ccccc3OC12CN1CCNCC1. The number of piperazine rings is 1. The van der Waals surface area contributed by atoms with Gasteiger partial charge in [0.05, 0.1) is 0 Å². The van der Waals surface area contributed by atoms with Crippen LogP contribution in [0.2, 0.25) is 0 Å². The van der Waals surface area contributed by atoms with Crippen molar-refractivity contribution in [3.63, 3.8) is 0 Å². The van der Waals surface area contributed by atoms with Gasteiger partial charge in [0.2, 0.25) is 0 Å². The fraction of sp³-hybridized carbons (Fsp3) is 0.588. The highest BCUT2D eigenvalue weighted by Crippen LogP contribution is 2.50. The van der Waals surface area contributed by atoms with E-state index in [4.69, 9.17) is 4.74 Å². The number of hydrogen-bond acceptors (Lipinski definition) is 4. The van der Waals surface area contributed by atoms with Gasteiger partial charge in [-0.1, -0.05) is 18.2 Å². The van der Waals surface area contributed by atoms with E-state index in [0.29, 0.717) is 12.2 Å². The fourth-order valence-electron chi connectivity index (χ4n) is 4.13. The lowest BCUT2D eigenvalue weighted by molar-refractivity contribution is -0.139. The third-order valence-corrected chi connectivity index (χ3v) is 5.19. The molecule has 2 fully saturated rings. The van der Waals surface area contributed by atoms with Gasteiger partial charge in [0.1, 0.15) is 5.75 Å². The van der Waals surface area contributed by atoms with Crippen molar-refractivity contribution in [2.45, 2.75) is 30.8 Å². The van der Waals surface area contributed by atoms with E-state index in [1.54, 1.807) is 0 Å². The Morgan fingerprint density at radius 2 is 2.10 bits per heavy atom. The Hall–Kier alpha value is -1.39. The molecule has 1 aromatic rings. The molecule has 4 rings (SSSR count). The lowest BCUT2D eigenvalue weighted by atomic mass is 9.72. The van der Waals surface area contributed by atoms with Crippen molar-refractivity contribution >= 4 is 5.78 Å². The number of hydrogen-bond donors (Lipinski definition) is 1. The van der Waals surface area contributed by atoms with Crippen LogP contribution in [-0.4, -0.2) is 49.0 Å². The zero-order valence-corrected chi connectivity index (χ0v) is 12.3. The molecule has 112 valence electrons. The molecule has 0 spiro atoms. The van der Waals surface area contributed by atoms with Gasteiger partial charge in [-0.25, -0.2) is 0 Å². The van der Waals surface area contributed by atoms with E-state index in [9.17, 15) is 4.79 Å². The van der Waals surface area contributed by atoms with Crippen molar-refractivity contribution in [3.8, 4) is 5.75 Å². The maximum absolute atomic E-state index is 12.8. The van der Waals surface area contributed by atoms with E-state index >= 15 is 0 Å². The first kappa shape index (κ1) is 13.3. The number of carbonyl (C=O) groups excluding carboxylic acids is 1. The molecule has 0 aromatic heterocycles. The zero-order valence-electron chi connectivity index (χ0n) is 12.3. The van der Waals surface area contributed by atoms with E-state index in [1.807, 2.05) is 12.1 Å². The number of para-hydroxylation sites is 1. The quantitative estimate of drug-likeness (QED) is 0.896. The van der Waals surface area contributed by atoms with Gasteiger partial charge >= 0.3 is 0 Å². The Morgan fingerprint density at radius 1 is 1.29 bits per heavy atom. The molecule has 1 saturated carbocycles. The molecule has 2 atom stereocenters. The highest BCUT2D eigenvalue weighted by molar-refractivity contribution is 5.91. The Bertz CT molecular complexity index is 553. The van der Waals surface area contributed by atoms with Gasteiger partial charge < -0.3 is 10.1 Å². The van der Waals surface area contributed by atoms with Crippen molar-refractivity contribution in [1.82, 2.24) is 10.2 Å². The standard InChI is InChI=1S/C17H22N2O2/c20-16-7-3-5-14-13-4-1-2-6-15(13)21-17(14,16)12-19-10-8-18-9-11-19/h1-2,4,6,14,18H,3,5,7-12H2. The summed E-state index contributed by atoms with van der Waals surface area (Å²) in [6.45, 7) is 4.75. The molecule has 1 N–H and O–H groups in total. The van der Waals surface area contributed by atoms with Crippen molar-refractivity contribution in [1.29, 1.82) is 0 Å². The second-order valence-corrected chi connectivity index (χ2v) is 6.42. The minimum Gasteiger partial charge on any atom is -0.477 e. The Balaban J connectivity index is 1.68. The molecule has 1 aromatic carbocycles. The smallest absolute Gasteiger partial charge is 0.186 e. The van der Waals surface area contributed by atoms with Gasteiger partial charge in [-0.05, 0) is 18.9 Å².